The molecule has 0 saturated heterocycles. The summed E-state index contributed by atoms with van der Waals surface area (Å²) in [4.78, 5) is 4.16. The predicted molar refractivity (Wildman–Crippen MR) is 47.4 cm³/mol. The molecule has 0 aliphatic carbocycles. The molecule has 10 heavy (non-hydrogen) atoms. The van der Waals surface area contributed by atoms with Gasteiger partial charge in [0.25, 0.3) is 0 Å². The summed E-state index contributed by atoms with van der Waals surface area (Å²) in [6, 6.07) is 0. The van der Waals surface area contributed by atoms with Crippen LogP contribution in [0.3, 0.4) is 0 Å². The van der Waals surface area contributed by atoms with Crippen molar-refractivity contribution < 1.29 is 0 Å². The molecule has 0 atom stereocenters. The van der Waals surface area contributed by atoms with E-state index in [0.717, 1.165) is 11.4 Å². The fourth-order valence-corrected chi connectivity index (χ4v) is 0.653. The minimum atomic E-state index is 0.833. The average Bonchev–Trinajstić information content (AvgIpc) is 1.58. The molecule has 0 aromatic carbocycles. The van der Waals surface area contributed by atoms with E-state index in [1.165, 1.54) is 5.57 Å². The first-order valence-electron chi connectivity index (χ1n) is 3.38. The third-order valence-electron chi connectivity index (χ3n) is 0.823. The Kier molecular flexibility index (Phi) is 3.70. The normalized spacial score (nSPS) is 8.40. The maximum absolute atomic E-state index is 4.16. The second-order valence-electron chi connectivity index (χ2n) is 2.77. The molecule has 0 aromatic heterocycles. The van der Waals surface area contributed by atoms with Gasteiger partial charge in [-0.2, -0.15) is 0 Å². The summed E-state index contributed by atoms with van der Waals surface area (Å²) in [6.07, 6.45) is 1.97. The summed E-state index contributed by atoms with van der Waals surface area (Å²) in [5.41, 5.74) is 3.11. The molecule has 0 heterocycles. The number of hydrogen-bond donors (Lipinski definition) is 0. The summed E-state index contributed by atoms with van der Waals surface area (Å²) >= 11 is 0. The van der Waals surface area contributed by atoms with Crippen molar-refractivity contribution in [3.63, 3.8) is 0 Å². The van der Waals surface area contributed by atoms with E-state index in [1.807, 2.05) is 33.8 Å². The van der Waals surface area contributed by atoms with Crippen molar-refractivity contribution in [3.8, 4) is 0 Å². The molecule has 0 bridgehead atoms. The lowest BCUT2D eigenvalue weighted by Gasteiger charge is -1.92. The Morgan fingerprint density at radius 1 is 1.20 bits per heavy atom. The second-order valence-corrected chi connectivity index (χ2v) is 2.77. The monoisotopic (exact) mass is 137 g/mol. The van der Waals surface area contributed by atoms with Crippen LogP contribution in [0, 0.1) is 0 Å². The average molecular weight is 137 g/mol. The molecule has 0 aromatic rings. The SMILES string of the molecule is C=C(C=C(C)C)N=C(C)C. The van der Waals surface area contributed by atoms with E-state index in [2.05, 4.69) is 11.6 Å². The molecule has 0 aliphatic rings. The molecular formula is C9H15N. The molecule has 0 aliphatic heterocycles. The zero-order chi connectivity index (χ0) is 8.15. The lowest BCUT2D eigenvalue weighted by Crippen LogP contribution is -1.80. The molecule has 0 spiro atoms. The number of hydrogen-bond acceptors (Lipinski definition) is 1. The number of rotatable bonds is 2. The van der Waals surface area contributed by atoms with E-state index in [9.17, 15) is 0 Å². The fraction of sp³-hybridized carbons (Fsp3) is 0.444. The molecule has 1 heteroatoms. The summed E-state index contributed by atoms with van der Waals surface area (Å²) < 4.78 is 0. The van der Waals surface area contributed by atoms with Crippen LogP contribution in [0.4, 0.5) is 0 Å². The van der Waals surface area contributed by atoms with Crippen molar-refractivity contribution in [3.05, 3.63) is 23.9 Å². The van der Waals surface area contributed by atoms with Gasteiger partial charge in [0.2, 0.25) is 0 Å². The minimum absolute atomic E-state index is 0.833. The lowest BCUT2D eigenvalue weighted by molar-refractivity contribution is 1.32. The van der Waals surface area contributed by atoms with E-state index < -0.39 is 0 Å². The van der Waals surface area contributed by atoms with Gasteiger partial charge in [0, 0.05) is 5.71 Å². The van der Waals surface area contributed by atoms with Crippen LogP contribution in [0.5, 0.6) is 0 Å². The van der Waals surface area contributed by atoms with Gasteiger partial charge in [0.05, 0.1) is 5.70 Å². The van der Waals surface area contributed by atoms with Crippen molar-refractivity contribution in [2.24, 2.45) is 4.99 Å². The Hall–Kier alpha value is -0.850. The smallest absolute Gasteiger partial charge is 0.0556 e. The number of aliphatic imine (C=N–C) groups is 1. The molecule has 0 rings (SSSR count). The van der Waals surface area contributed by atoms with Gasteiger partial charge in [-0.3, -0.25) is 4.99 Å². The van der Waals surface area contributed by atoms with Crippen LogP contribution < -0.4 is 0 Å². The van der Waals surface area contributed by atoms with Crippen molar-refractivity contribution in [1.29, 1.82) is 0 Å². The molecule has 0 amide bonds. The summed E-state index contributed by atoms with van der Waals surface area (Å²) in [7, 11) is 0. The van der Waals surface area contributed by atoms with E-state index in [1.54, 1.807) is 0 Å². The Labute approximate surface area is 63.2 Å². The summed E-state index contributed by atoms with van der Waals surface area (Å²) in [5, 5.41) is 0. The Morgan fingerprint density at radius 3 is 2.00 bits per heavy atom. The van der Waals surface area contributed by atoms with Crippen molar-refractivity contribution in [2.45, 2.75) is 27.7 Å². The van der Waals surface area contributed by atoms with E-state index >= 15 is 0 Å². The first kappa shape index (κ1) is 9.15. The van der Waals surface area contributed by atoms with Gasteiger partial charge in [0.1, 0.15) is 0 Å². The molecule has 0 fully saturated rings. The van der Waals surface area contributed by atoms with Gasteiger partial charge in [-0.05, 0) is 33.8 Å². The van der Waals surface area contributed by atoms with Crippen LogP contribution in [0.25, 0.3) is 0 Å². The molecular weight excluding hydrogens is 122 g/mol. The Bertz CT molecular complexity index is 157. The molecule has 0 saturated carbocycles. The van der Waals surface area contributed by atoms with Crippen molar-refractivity contribution >= 4 is 5.71 Å². The van der Waals surface area contributed by atoms with Crippen molar-refractivity contribution in [1.82, 2.24) is 0 Å². The highest BCUT2D eigenvalue weighted by molar-refractivity contribution is 5.80. The predicted octanol–water partition coefficient (Wildman–Crippen LogP) is 2.95. The van der Waals surface area contributed by atoms with E-state index in [0.29, 0.717) is 0 Å². The van der Waals surface area contributed by atoms with Crippen LogP contribution in [0.1, 0.15) is 27.7 Å². The molecule has 56 valence electrons. The summed E-state index contributed by atoms with van der Waals surface area (Å²) in [5.74, 6) is 0. The van der Waals surface area contributed by atoms with Crippen LogP contribution >= 0.6 is 0 Å². The molecule has 0 unspecified atom stereocenters. The molecule has 1 nitrogen and oxygen atoms in total. The van der Waals surface area contributed by atoms with Crippen LogP contribution in [-0.2, 0) is 0 Å². The van der Waals surface area contributed by atoms with Gasteiger partial charge >= 0.3 is 0 Å². The number of nitrogens with zero attached hydrogens (tertiary/aromatic N) is 1. The highest BCUT2D eigenvalue weighted by atomic mass is 14.7. The van der Waals surface area contributed by atoms with Gasteiger partial charge < -0.3 is 0 Å². The zero-order valence-corrected chi connectivity index (χ0v) is 7.23. The maximum Gasteiger partial charge on any atom is 0.0556 e. The first-order chi connectivity index (χ1) is 4.52. The molecule has 0 N–H and O–H groups in total. The molecule has 0 radical (unpaired) electrons. The Balaban J connectivity index is 4.14. The largest absolute Gasteiger partial charge is 0.259 e. The Morgan fingerprint density at radius 2 is 1.70 bits per heavy atom. The highest BCUT2D eigenvalue weighted by Gasteiger charge is 1.83. The maximum atomic E-state index is 4.16. The number of allylic oxidation sites excluding steroid dienone is 2. The van der Waals surface area contributed by atoms with Crippen LogP contribution in [0.15, 0.2) is 28.9 Å². The van der Waals surface area contributed by atoms with Gasteiger partial charge in [0.15, 0.2) is 0 Å². The third-order valence-corrected chi connectivity index (χ3v) is 0.823. The topological polar surface area (TPSA) is 12.4 Å². The van der Waals surface area contributed by atoms with Gasteiger partial charge in [-0.15, -0.1) is 0 Å². The van der Waals surface area contributed by atoms with Crippen LogP contribution in [0.2, 0.25) is 0 Å². The van der Waals surface area contributed by atoms with Crippen LogP contribution in [-0.4, -0.2) is 5.71 Å². The minimum Gasteiger partial charge on any atom is -0.259 e. The lowest BCUT2D eigenvalue weighted by atomic mass is 10.3. The fourth-order valence-electron chi connectivity index (χ4n) is 0.653. The van der Waals surface area contributed by atoms with E-state index in [-0.39, 0.29) is 0 Å². The highest BCUT2D eigenvalue weighted by Crippen LogP contribution is 2.00. The van der Waals surface area contributed by atoms with Gasteiger partial charge in [-0.1, -0.05) is 12.2 Å². The standard InChI is InChI=1S/C9H15N/c1-7(2)6-9(5)10-8(3)4/h6H,5H2,1-4H3. The quantitative estimate of drug-likeness (QED) is 0.410. The second kappa shape index (κ2) is 4.04. The zero-order valence-electron chi connectivity index (χ0n) is 7.23. The van der Waals surface area contributed by atoms with Crippen molar-refractivity contribution in [2.75, 3.05) is 0 Å². The summed E-state index contributed by atoms with van der Waals surface area (Å²) in [6.45, 7) is 11.8. The van der Waals surface area contributed by atoms with Gasteiger partial charge in [-0.25, -0.2) is 0 Å². The first-order valence-corrected chi connectivity index (χ1v) is 3.38. The van der Waals surface area contributed by atoms with E-state index in [4.69, 9.17) is 0 Å². The third kappa shape index (κ3) is 5.29.